The van der Waals surface area contributed by atoms with Crippen molar-refractivity contribution in [1.29, 1.82) is 0 Å². The molecule has 0 fully saturated rings. The monoisotopic (exact) mass is 184 g/mol. The molecule has 12 heavy (non-hydrogen) atoms. The number of hydrogen-bond acceptors (Lipinski definition) is 3. The second-order valence-corrected chi connectivity index (χ2v) is 2.28. The van der Waals surface area contributed by atoms with E-state index < -0.39 is 18.4 Å². The van der Waals surface area contributed by atoms with E-state index in [1.165, 1.54) is 0 Å². The zero-order chi connectivity index (χ0) is 8.85. The molecule has 0 heterocycles. The topological polar surface area (TPSA) is 63.6 Å². The van der Waals surface area contributed by atoms with Crippen LogP contribution in [0.3, 0.4) is 0 Å². The molecule has 1 atom stereocenters. The molecule has 0 rings (SSSR count). The van der Waals surface area contributed by atoms with Crippen LogP contribution in [0.1, 0.15) is 28.1 Å². The van der Waals surface area contributed by atoms with E-state index in [1.54, 1.807) is 6.92 Å². The normalized spacial score (nSPS) is 11.2. The van der Waals surface area contributed by atoms with Gasteiger partial charge in [-0.05, 0) is 13.3 Å². The third-order valence-electron chi connectivity index (χ3n) is 1.20. The molecular formula is C7H13NaO4. The van der Waals surface area contributed by atoms with Crippen molar-refractivity contribution in [3.8, 4) is 0 Å². The first-order valence-electron chi connectivity index (χ1n) is 3.47. The van der Waals surface area contributed by atoms with Gasteiger partial charge in [-0.2, -0.15) is 0 Å². The van der Waals surface area contributed by atoms with Gasteiger partial charge in [-0.1, -0.05) is 6.92 Å². The molecule has 0 aliphatic heterocycles. The Labute approximate surface area is 95.1 Å². The van der Waals surface area contributed by atoms with Gasteiger partial charge in [0.1, 0.15) is 6.42 Å². The maximum atomic E-state index is 10.6. The number of carbonyl (C=O) groups is 2. The van der Waals surface area contributed by atoms with Gasteiger partial charge in [-0.3, -0.25) is 9.59 Å². The summed E-state index contributed by atoms with van der Waals surface area (Å²) in [6, 6.07) is 0. The second-order valence-electron chi connectivity index (χ2n) is 2.28. The van der Waals surface area contributed by atoms with Crippen molar-refractivity contribution >= 4 is 11.9 Å². The molecule has 0 radical (unpaired) electrons. The Morgan fingerprint density at radius 1 is 1.58 bits per heavy atom. The summed E-state index contributed by atoms with van der Waals surface area (Å²) < 4.78 is 4.69. The van der Waals surface area contributed by atoms with Crippen molar-refractivity contribution in [1.82, 2.24) is 0 Å². The van der Waals surface area contributed by atoms with E-state index in [2.05, 4.69) is 0 Å². The fourth-order valence-electron chi connectivity index (χ4n) is 0.473. The van der Waals surface area contributed by atoms with E-state index in [0.29, 0.717) is 6.42 Å². The Morgan fingerprint density at radius 3 is 2.42 bits per heavy atom. The third kappa shape index (κ3) is 8.04. The van der Waals surface area contributed by atoms with Crippen molar-refractivity contribution in [2.75, 3.05) is 0 Å². The van der Waals surface area contributed by atoms with Gasteiger partial charge in [0.25, 0.3) is 0 Å². The number of hydrogen-bond donors (Lipinski definition) is 1. The van der Waals surface area contributed by atoms with E-state index in [1.807, 2.05) is 6.92 Å². The van der Waals surface area contributed by atoms with Crippen LogP contribution in [0, 0.1) is 0 Å². The number of carboxylic acid groups (broad SMARTS) is 1. The molecule has 66 valence electrons. The van der Waals surface area contributed by atoms with Gasteiger partial charge < -0.3 is 11.3 Å². The maximum absolute atomic E-state index is 10.6. The van der Waals surface area contributed by atoms with E-state index in [9.17, 15) is 9.59 Å². The Kier molecular flexibility index (Phi) is 9.14. The zero-order valence-electron chi connectivity index (χ0n) is 8.66. The van der Waals surface area contributed by atoms with Crippen LogP contribution in [0.5, 0.6) is 0 Å². The molecule has 4 nitrogen and oxygen atoms in total. The summed E-state index contributed by atoms with van der Waals surface area (Å²) in [6.07, 6.45) is -0.0442. The molecule has 0 aromatic heterocycles. The van der Waals surface area contributed by atoms with Crippen LogP contribution >= 0.6 is 0 Å². The number of esters is 1. The Balaban J connectivity index is -0.000000500. The molecule has 0 amide bonds. The summed E-state index contributed by atoms with van der Waals surface area (Å²) >= 11 is 0. The fourth-order valence-corrected chi connectivity index (χ4v) is 0.473. The van der Waals surface area contributed by atoms with E-state index in [0.717, 1.165) is 0 Å². The molecule has 0 aliphatic rings. The standard InChI is InChI=1S/C7H12O4.Na.H/c1-3-5(2)11-7(10)4-6(8)9;;/h5H,3-4H2,1-2H3,(H,8,9);;/q;+1;-1. The van der Waals surface area contributed by atoms with Crippen molar-refractivity contribution in [2.45, 2.75) is 32.8 Å². The summed E-state index contributed by atoms with van der Waals surface area (Å²) in [5.74, 6) is -1.83. The van der Waals surface area contributed by atoms with Crippen molar-refractivity contribution in [2.24, 2.45) is 0 Å². The molecular weight excluding hydrogens is 171 g/mol. The van der Waals surface area contributed by atoms with Crippen LogP contribution in [0.4, 0.5) is 0 Å². The van der Waals surface area contributed by atoms with Gasteiger partial charge in [0, 0.05) is 0 Å². The minimum atomic E-state index is -1.15. The minimum absolute atomic E-state index is 0. The van der Waals surface area contributed by atoms with Crippen LogP contribution in [0.25, 0.3) is 0 Å². The first-order chi connectivity index (χ1) is 5.06. The molecule has 0 aliphatic carbocycles. The Bertz CT molecular complexity index is 163. The maximum Gasteiger partial charge on any atom is 1.00 e. The van der Waals surface area contributed by atoms with E-state index in [4.69, 9.17) is 9.84 Å². The Hall–Kier alpha value is -0.0600. The number of rotatable bonds is 4. The van der Waals surface area contributed by atoms with Crippen LogP contribution in [-0.2, 0) is 14.3 Å². The third-order valence-corrected chi connectivity index (χ3v) is 1.20. The first kappa shape index (κ1) is 14.5. The molecule has 0 spiro atoms. The molecule has 5 heteroatoms. The average Bonchev–Trinajstić information content (AvgIpc) is 1.85. The van der Waals surface area contributed by atoms with Crippen LogP contribution in [-0.4, -0.2) is 23.1 Å². The van der Waals surface area contributed by atoms with Gasteiger partial charge in [0.2, 0.25) is 0 Å². The number of ether oxygens (including phenoxy) is 1. The first-order valence-corrected chi connectivity index (χ1v) is 3.47. The van der Waals surface area contributed by atoms with E-state index >= 15 is 0 Å². The quantitative estimate of drug-likeness (QED) is 0.309. The molecule has 0 bridgehead atoms. The average molecular weight is 184 g/mol. The molecule has 0 saturated carbocycles. The minimum Gasteiger partial charge on any atom is -1.00 e. The van der Waals surface area contributed by atoms with Gasteiger partial charge in [-0.15, -0.1) is 0 Å². The number of carbonyl (C=O) groups excluding carboxylic acids is 1. The summed E-state index contributed by atoms with van der Waals surface area (Å²) in [4.78, 5) is 20.6. The predicted molar refractivity (Wildman–Crippen MR) is 39.2 cm³/mol. The van der Waals surface area contributed by atoms with Crippen LogP contribution < -0.4 is 29.6 Å². The van der Waals surface area contributed by atoms with Crippen LogP contribution in [0.15, 0.2) is 0 Å². The van der Waals surface area contributed by atoms with Gasteiger partial charge in [-0.25, -0.2) is 0 Å². The second kappa shape index (κ2) is 7.58. The zero-order valence-corrected chi connectivity index (χ0v) is 9.66. The van der Waals surface area contributed by atoms with E-state index in [-0.39, 0.29) is 37.1 Å². The van der Waals surface area contributed by atoms with Gasteiger partial charge in [0.05, 0.1) is 6.10 Å². The fraction of sp³-hybridized carbons (Fsp3) is 0.714. The SMILES string of the molecule is CCC(C)OC(=O)CC(=O)O.[H-].[Na+]. The largest absolute Gasteiger partial charge is 1.00 e. The Morgan fingerprint density at radius 2 is 2.08 bits per heavy atom. The van der Waals surface area contributed by atoms with Gasteiger partial charge in [0.15, 0.2) is 0 Å². The molecule has 0 aromatic rings. The van der Waals surface area contributed by atoms with Crippen molar-refractivity contribution < 1.29 is 50.4 Å². The number of carboxylic acids is 1. The van der Waals surface area contributed by atoms with Crippen molar-refractivity contribution in [3.63, 3.8) is 0 Å². The summed E-state index contributed by atoms with van der Waals surface area (Å²) in [5.41, 5.74) is 0. The molecule has 0 saturated heterocycles. The molecule has 1 unspecified atom stereocenters. The predicted octanol–water partition coefficient (Wildman–Crippen LogP) is -2.08. The van der Waals surface area contributed by atoms with Crippen molar-refractivity contribution in [3.05, 3.63) is 0 Å². The molecule has 0 aromatic carbocycles. The summed E-state index contributed by atoms with van der Waals surface area (Å²) in [7, 11) is 0. The van der Waals surface area contributed by atoms with Gasteiger partial charge >= 0.3 is 41.5 Å². The summed E-state index contributed by atoms with van der Waals surface area (Å²) in [5, 5.41) is 8.17. The smallest absolute Gasteiger partial charge is 1.00 e. The number of aliphatic carboxylic acids is 1. The molecule has 1 N–H and O–H groups in total. The van der Waals surface area contributed by atoms with Crippen LogP contribution in [0.2, 0.25) is 0 Å². The summed E-state index contributed by atoms with van der Waals surface area (Å²) in [6.45, 7) is 3.58.